The number of benzene rings is 1. The van der Waals surface area contributed by atoms with Gasteiger partial charge in [-0.25, -0.2) is 9.97 Å². The number of hydrogen-bond acceptors (Lipinski definition) is 5. The summed E-state index contributed by atoms with van der Waals surface area (Å²) in [4.78, 5) is 25.4. The number of nitrogens with two attached hydrogens (primary N) is 1. The lowest BCUT2D eigenvalue weighted by atomic mass is 9.76. The molecule has 2 aliphatic heterocycles. The van der Waals surface area contributed by atoms with E-state index >= 15 is 0 Å². The second-order valence-electron chi connectivity index (χ2n) is 10.9. The number of imidazole rings is 1. The number of fused-ring (bicyclic) bond motifs is 5. The van der Waals surface area contributed by atoms with Crippen molar-refractivity contribution in [2.24, 2.45) is 24.6 Å². The molecule has 8 nitrogen and oxygen atoms in total. The fourth-order valence-corrected chi connectivity index (χ4v) is 6.48. The molecule has 4 fully saturated rings. The van der Waals surface area contributed by atoms with Gasteiger partial charge in [-0.05, 0) is 74.3 Å². The second kappa shape index (κ2) is 8.06. The molecule has 3 aromatic heterocycles. The van der Waals surface area contributed by atoms with Gasteiger partial charge in [0.15, 0.2) is 5.82 Å². The molecule has 0 spiro atoms. The van der Waals surface area contributed by atoms with Crippen LogP contribution in [0.4, 0.5) is 0 Å². The lowest BCUT2D eigenvalue weighted by molar-refractivity contribution is 0.0249. The number of amides is 1. The quantitative estimate of drug-likeness (QED) is 0.463. The molecular formula is C28H32N6O2. The maximum Gasteiger partial charge on any atom is 0.254 e. The van der Waals surface area contributed by atoms with E-state index in [4.69, 9.17) is 15.5 Å². The van der Waals surface area contributed by atoms with Gasteiger partial charge in [-0.3, -0.25) is 4.79 Å². The molecule has 1 aromatic carbocycles. The predicted octanol–water partition coefficient (Wildman–Crippen LogP) is 3.96. The van der Waals surface area contributed by atoms with Crippen molar-refractivity contribution >= 4 is 28.0 Å². The summed E-state index contributed by atoms with van der Waals surface area (Å²) in [5.41, 5.74) is 10.7. The van der Waals surface area contributed by atoms with Gasteiger partial charge in [-0.15, -0.1) is 0 Å². The summed E-state index contributed by atoms with van der Waals surface area (Å²) in [5, 5.41) is 1.11. The summed E-state index contributed by atoms with van der Waals surface area (Å²) < 4.78 is 10.2. The van der Waals surface area contributed by atoms with Crippen LogP contribution in [0, 0.1) is 11.8 Å². The highest BCUT2D eigenvalue weighted by Crippen LogP contribution is 2.39. The number of hydrogen-bond donors (Lipinski definition) is 1. The van der Waals surface area contributed by atoms with Crippen LogP contribution in [0.3, 0.4) is 0 Å². The maximum absolute atomic E-state index is 13.7. The van der Waals surface area contributed by atoms with Crippen LogP contribution in [0.2, 0.25) is 0 Å². The van der Waals surface area contributed by atoms with E-state index in [9.17, 15) is 4.79 Å². The number of carbonyl (C=O) groups excluding carboxylic acids is 1. The van der Waals surface area contributed by atoms with Crippen LogP contribution >= 0.6 is 0 Å². The number of carbonyl (C=O) groups is 1. The van der Waals surface area contributed by atoms with Crippen LogP contribution in [0.1, 0.15) is 42.5 Å². The van der Waals surface area contributed by atoms with Crippen LogP contribution in [0.15, 0.2) is 36.5 Å². The van der Waals surface area contributed by atoms with E-state index in [1.165, 1.54) is 12.8 Å². The summed E-state index contributed by atoms with van der Waals surface area (Å²) in [6.45, 7) is 1.73. The van der Waals surface area contributed by atoms with Crippen molar-refractivity contribution in [1.82, 2.24) is 24.0 Å². The molecular weight excluding hydrogens is 452 g/mol. The Balaban J connectivity index is 1.34. The van der Waals surface area contributed by atoms with Gasteiger partial charge in [-0.2, -0.15) is 0 Å². The third-order valence-corrected chi connectivity index (χ3v) is 8.51. The van der Waals surface area contributed by atoms with Gasteiger partial charge in [0.25, 0.3) is 5.91 Å². The number of ether oxygens (including phenoxy) is 1. The highest BCUT2D eigenvalue weighted by atomic mass is 16.5. The lowest BCUT2D eigenvalue weighted by Crippen LogP contribution is -2.60. The zero-order valence-corrected chi connectivity index (χ0v) is 20.9. The van der Waals surface area contributed by atoms with E-state index in [0.29, 0.717) is 23.1 Å². The average Bonchev–Trinajstić information content (AvgIpc) is 3.56. The Kier molecular flexibility index (Phi) is 4.90. The van der Waals surface area contributed by atoms with Crippen molar-refractivity contribution in [3.8, 4) is 17.3 Å². The smallest absolute Gasteiger partial charge is 0.254 e. The minimum Gasteiger partial charge on any atom is -0.494 e. The lowest BCUT2D eigenvalue weighted by Gasteiger charge is -2.48. The minimum absolute atomic E-state index is 0.0271. The number of aromatic nitrogens is 4. The third kappa shape index (κ3) is 3.34. The average molecular weight is 485 g/mol. The Bertz CT molecular complexity index is 1500. The summed E-state index contributed by atoms with van der Waals surface area (Å²) >= 11 is 0. The van der Waals surface area contributed by atoms with Crippen molar-refractivity contribution in [2.75, 3.05) is 13.7 Å². The third-order valence-electron chi connectivity index (χ3n) is 8.51. The molecule has 2 bridgehead atoms. The van der Waals surface area contributed by atoms with Crippen LogP contribution in [-0.4, -0.2) is 55.6 Å². The number of piperidine rings is 2. The van der Waals surface area contributed by atoms with E-state index in [1.807, 2.05) is 36.3 Å². The molecule has 1 unspecified atom stereocenters. The molecule has 5 heterocycles. The Morgan fingerprint density at radius 1 is 1.19 bits per heavy atom. The molecule has 2 N–H and O–H groups in total. The SMILES string of the molecule is COc1cc(C(=O)N2CC3CC[C@H]2[C@@H](N)C3)cc2nc(-c3cc4cccnc4n3CC3CC3)n(C)c12. The summed E-state index contributed by atoms with van der Waals surface area (Å²) in [6.07, 6.45) is 7.54. The summed E-state index contributed by atoms with van der Waals surface area (Å²) in [5.74, 6) is 2.74. The predicted molar refractivity (Wildman–Crippen MR) is 139 cm³/mol. The van der Waals surface area contributed by atoms with Crippen LogP contribution in [0.25, 0.3) is 33.6 Å². The van der Waals surface area contributed by atoms with Gasteiger partial charge < -0.3 is 24.5 Å². The topological polar surface area (TPSA) is 91.2 Å². The first-order valence-electron chi connectivity index (χ1n) is 13.1. The number of rotatable bonds is 5. The van der Waals surface area contributed by atoms with E-state index in [1.54, 1.807) is 7.11 Å². The van der Waals surface area contributed by atoms with Gasteiger partial charge in [0.1, 0.15) is 16.9 Å². The van der Waals surface area contributed by atoms with E-state index in [2.05, 4.69) is 26.3 Å². The highest BCUT2D eigenvalue weighted by molar-refractivity contribution is 6.00. The zero-order valence-electron chi connectivity index (χ0n) is 20.9. The molecule has 36 heavy (non-hydrogen) atoms. The Hall–Kier alpha value is -3.39. The molecule has 8 heteroatoms. The molecule has 4 aromatic rings. The first kappa shape index (κ1) is 21.9. The first-order chi connectivity index (χ1) is 17.5. The van der Waals surface area contributed by atoms with E-state index in [0.717, 1.165) is 65.9 Å². The minimum atomic E-state index is 0.0271. The van der Waals surface area contributed by atoms with E-state index in [-0.39, 0.29) is 18.0 Å². The molecule has 1 amide bonds. The molecule has 2 saturated carbocycles. The molecule has 0 radical (unpaired) electrons. The number of nitrogens with zero attached hydrogens (tertiary/aromatic N) is 5. The Morgan fingerprint density at radius 2 is 2.06 bits per heavy atom. The largest absolute Gasteiger partial charge is 0.494 e. The zero-order chi connectivity index (χ0) is 24.6. The van der Waals surface area contributed by atoms with Crippen LogP contribution in [-0.2, 0) is 13.6 Å². The summed E-state index contributed by atoms with van der Waals surface area (Å²) in [6, 6.07) is 10.2. The van der Waals surface area contributed by atoms with Gasteiger partial charge >= 0.3 is 0 Å². The van der Waals surface area contributed by atoms with Gasteiger partial charge in [0.2, 0.25) is 0 Å². The Labute approximate surface area is 210 Å². The standard InChI is InChI=1S/C28H32N6O2/c1-32-25-21(31-27(32)23-12-18-4-3-9-30-26(18)33(23)14-16-5-6-16)11-19(13-24(25)36-2)28(35)34-15-17-7-8-22(34)20(29)10-17/h3-4,9,11-13,16-17,20,22H,5-8,10,14-15,29H2,1-2H3/t17?,20-,22-/m0/s1. The molecule has 186 valence electrons. The molecule has 2 saturated heterocycles. The van der Waals surface area contributed by atoms with Crippen molar-refractivity contribution < 1.29 is 9.53 Å². The molecule has 4 aliphatic rings. The highest BCUT2D eigenvalue weighted by Gasteiger charge is 2.41. The van der Waals surface area contributed by atoms with Gasteiger partial charge in [0.05, 0.1) is 18.3 Å². The monoisotopic (exact) mass is 484 g/mol. The number of aryl methyl sites for hydroxylation is 1. The maximum atomic E-state index is 13.7. The molecule has 2 aliphatic carbocycles. The first-order valence-corrected chi connectivity index (χ1v) is 13.1. The Morgan fingerprint density at radius 3 is 2.81 bits per heavy atom. The number of pyridine rings is 1. The fourth-order valence-electron chi connectivity index (χ4n) is 6.48. The molecule has 3 atom stereocenters. The second-order valence-corrected chi connectivity index (χ2v) is 10.9. The van der Waals surface area contributed by atoms with Crippen LogP contribution < -0.4 is 10.5 Å². The van der Waals surface area contributed by atoms with Gasteiger partial charge in [-0.1, -0.05) is 0 Å². The summed E-state index contributed by atoms with van der Waals surface area (Å²) in [7, 11) is 3.67. The molecule has 8 rings (SSSR count). The van der Waals surface area contributed by atoms with Crippen molar-refractivity contribution in [3.63, 3.8) is 0 Å². The van der Waals surface area contributed by atoms with Crippen molar-refractivity contribution in [3.05, 3.63) is 42.1 Å². The van der Waals surface area contributed by atoms with Crippen molar-refractivity contribution in [2.45, 2.75) is 50.7 Å². The number of methoxy groups -OCH3 is 1. The van der Waals surface area contributed by atoms with Crippen LogP contribution in [0.5, 0.6) is 5.75 Å². The fraction of sp³-hybridized carbons (Fsp3) is 0.464. The van der Waals surface area contributed by atoms with Gasteiger partial charge in [0, 0.05) is 49.4 Å². The van der Waals surface area contributed by atoms with E-state index < -0.39 is 0 Å². The van der Waals surface area contributed by atoms with Crippen molar-refractivity contribution in [1.29, 1.82) is 0 Å². The normalized spacial score (nSPS) is 23.6.